The van der Waals surface area contributed by atoms with E-state index in [-0.39, 0.29) is 6.04 Å². The van der Waals surface area contributed by atoms with E-state index in [0.717, 1.165) is 18.4 Å². The van der Waals surface area contributed by atoms with Gasteiger partial charge in [0.2, 0.25) is 10.0 Å². The van der Waals surface area contributed by atoms with Crippen LogP contribution in [0.25, 0.3) is 6.08 Å². The first-order valence-corrected chi connectivity index (χ1v) is 8.67. The minimum Gasteiger partial charge on any atom is -0.209 e. The second kappa shape index (κ2) is 7.81. The van der Waals surface area contributed by atoms with Gasteiger partial charge in [0.05, 0.1) is 0 Å². The number of halogens is 1. The highest BCUT2D eigenvalue weighted by Crippen LogP contribution is 2.12. The average Bonchev–Trinajstić information content (AvgIpc) is 2.35. The van der Waals surface area contributed by atoms with Gasteiger partial charge in [0.1, 0.15) is 0 Å². The molecule has 1 rings (SSSR count). The molecule has 0 bridgehead atoms. The fourth-order valence-electron chi connectivity index (χ4n) is 1.70. The van der Waals surface area contributed by atoms with Crippen LogP contribution in [0.5, 0.6) is 0 Å². The molecule has 1 unspecified atom stereocenters. The van der Waals surface area contributed by atoms with Crippen LogP contribution in [-0.4, -0.2) is 14.5 Å². The molecule has 1 aromatic carbocycles. The van der Waals surface area contributed by atoms with E-state index < -0.39 is 10.0 Å². The van der Waals surface area contributed by atoms with E-state index in [1.165, 1.54) is 5.41 Å². The van der Waals surface area contributed by atoms with E-state index in [2.05, 4.69) is 18.6 Å². The molecule has 0 radical (unpaired) electrons. The molecule has 1 aromatic rings. The van der Waals surface area contributed by atoms with Gasteiger partial charge in [-0.1, -0.05) is 37.6 Å². The summed E-state index contributed by atoms with van der Waals surface area (Å²) < 4.78 is 26.5. The van der Waals surface area contributed by atoms with Crippen LogP contribution in [0, 0.1) is 5.92 Å². The van der Waals surface area contributed by atoms with Crippen molar-refractivity contribution in [3.8, 4) is 0 Å². The Labute approximate surface area is 127 Å². The van der Waals surface area contributed by atoms with Crippen LogP contribution < -0.4 is 4.72 Å². The predicted molar refractivity (Wildman–Crippen MR) is 86.1 cm³/mol. The summed E-state index contributed by atoms with van der Waals surface area (Å²) in [5, 5.41) is 1.83. The van der Waals surface area contributed by atoms with Crippen LogP contribution >= 0.6 is 11.6 Å². The molecule has 0 saturated carbocycles. The molecular formula is C15H22ClNO2S. The molecule has 0 aliphatic carbocycles. The van der Waals surface area contributed by atoms with Crippen LogP contribution in [-0.2, 0) is 10.0 Å². The van der Waals surface area contributed by atoms with Crippen LogP contribution in [0.3, 0.4) is 0 Å². The lowest BCUT2D eigenvalue weighted by Gasteiger charge is -2.13. The summed E-state index contributed by atoms with van der Waals surface area (Å²) in [5.41, 5.74) is 0.801. The van der Waals surface area contributed by atoms with Crippen molar-refractivity contribution in [2.45, 2.75) is 39.7 Å². The summed E-state index contributed by atoms with van der Waals surface area (Å²) in [6.45, 7) is 6.14. The zero-order valence-corrected chi connectivity index (χ0v) is 13.7. The molecular weight excluding hydrogens is 294 g/mol. The smallest absolute Gasteiger partial charge is 0.209 e. The quantitative estimate of drug-likeness (QED) is 0.825. The molecule has 3 nitrogen and oxygen atoms in total. The predicted octanol–water partition coefficient (Wildman–Crippen LogP) is 4.05. The minimum atomic E-state index is -3.40. The third kappa shape index (κ3) is 7.08. The number of rotatable bonds is 7. The molecule has 20 heavy (non-hydrogen) atoms. The van der Waals surface area contributed by atoms with Crippen LogP contribution in [0.1, 0.15) is 39.2 Å². The number of nitrogens with one attached hydrogen (secondary N) is 1. The third-order valence-corrected chi connectivity index (χ3v) is 4.33. The molecule has 5 heteroatoms. The Hall–Kier alpha value is -0.840. The molecule has 0 saturated heterocycles. The Morgan fingerprint density at radius 3 is 2.30 bits per heavy atom. The first-order chi connectivity index (χ1) is 9.28. The lowest BCUT2D eigenvalue weighted by Crippen LogP contribution is -2.31. The van der Waals surface area contributed by atoms with Gasteiger partial charge in [-0.15, -0.1) is 0 Å². The normalized spacial score (nSPS) is 14.1. The van der Waals surface area contributed by atoms with E-state index in [0.29, 0.717) is 10.9 Å². The second-order valence-electron chi connectivity index (χ2n) is 5.39. The molecule has 0 fully saturated rings. The van der Waals surface area contributed by atoms with E-state index >= 15 is 0 Å². The van der Waals surface area contributed by atoms with Crippen molar-refractivity contribution in [3.63, 3.8) is 0 Å². The molecule has 1 N–H and O–H groups in total. The van der Waals surface area contributed by atoms with Gasteiger partial charge in [-0.25, -0.2) is 13.1 Å². The highest BCUT2D eigenvalue weighted by Gasteiger charge is 2.11. The lowest BCUT2D eigenvalue weighted by molar-refractivity contribution is 0.488. The minimum absolute atomic E-state index is 0.0581. The van der Waals surface area contributed by atoms with Gasteiger partial charge in [0, 0.05) is 16.5 Å². The Balaban J connectivity index is 2.58. The standard InChI is InChI=1S/C15H22ClNO2S/c1-12(2)4-5-13(3)17-20(18,19)11-10-14-6-8-15(16)9-7-14/h6-13,17H,4-5H2,1-3H3/b11-10+. The fourth-order valence-corrected chi connectivity index (χ4v) is 2.92. The summed E-state index contributed by atoms with van der Waals surface area (Å²) in [6, 6.07) is 6.95. The van der Waals surface area contributed by atoms with Crippen molar-refractivity contribution in [3.05, 3.63) is 40.3 Å². The number of hydrogen-bond donors (Lipinski definition) is 1. The summed E-state index contributed by atoms with van der Waals surface area (Å²) >= 11 is 5.78. The molecule has 0 heterocycles. The van der Waals surface area contributed by atoms with E-state index in [4.69, 9.17) is 11.6 Å². The lowest BCUT2D eigenvalue weighted by atomic mass is 10.1. The molecule has 0 aromatic heterocycles. The van der Waals surface area contributed by atoms with Crippen LogP contribution in [0.4, 0.5) is 0 Å². The second-order valence-corrected chi connectivity index (χ2v) is 7.42. The van der Waals surface area contributed by atoms with Crippen molar-refractivity contribution in [1.29, 1.82) is 0 Å². The van der Waals surface area contributed by atoms with E-state index in [9.17, 15) is 8.42 Å². The van der Waals surface area contributed by atoms with Gasteiger partial charge < -0.3 is 0 Å². The van der Waals surface area contributed by atoms with Crippen molar-refractivity contribution in [2.24, 2.45) is 5.92 Å². The average molecular weight is 316 g/mol. The van der Waals surface area contributed by atoms with Gasteiger partial charge in [-0.05, 0) is 49.5 Å². The molecule has 0 spiro atoms. The van der Waals surface area contributed by atoms with Crippen LogP contribution in [0.2, 0.25) is 5.02 Å². The molecule has 0 amide bonds. The molecule has 112 valence electrons. The van der Waals surface area contributed by atoms with E-state index in [1.54, 1.807) is 30.3 Å². The molecule has 0 aliphatic heterocycles. The number of sulfonamides is 1. The number of hydrogen-bond acceptors (Lipinski definition) is 2. The van der Waals surface area contributed by atoms with Crippen molar-refractivity contribution in [1.82, 2.24) is 4.72 Å². The zero-order chi connectivity index (χ0) is 15.2. The summed E-state index contributed by atoms with van der Waals surface area (Å²) in [5.74, 6) is 0.576. The topological polar surface area (TPSA) is 46.2 Å². The SMILES string of the molecule is CC(C)CCC(C)NS(=O)(=O)/C=C/c1ccc(Cl)cc1. The first-order valence-electron chi connectivity index (χ1n) is 6.74. The summed E-state index contributed by atoms with van der Waals surface area (Å²) in [7, 11) is -3.40. The first kappa shape index (κ1) is 17.2. The number of benzene rings is 1. The van der Waals surface area contributed by atoms with Gasteiger partial charge in [-0.2, -0.15) is 0 Å². The fraction of sp³-hybridized carbons (Fsp3) is 0.467. The monoisotopic (exact) mass is 315 g/mol. The summed E-state index contributed by atoms with van der Waals surface area (Å²) in [4.78, 5) is 0. The maximum atomic E-state index is 11.9. The van der Waals surface area contributed by atoms with Crippen LogP contribution in [0.15, 0.2) is 29.7 Å². The zero-order valence-electron chi connectivity index (χ0n) is 12.1. The maximum absolute atomic E-state index is 11.9. The van der Waals surface area contributed by atoms with Gasteiger partial charge >= 0.3 is 0 Å². The molecule has 1 atom stereocenters. The van der Waals surface area contributed by atoms with Crippen molar-refractivity contribution >= 4 is 27.7 Å². The highest BCUT2D eigenvalue weighted by molar-refractivity contribution is 7.92. The Morgan fingerprint density at radius 1 is 1.15 bits per heavy atom. The largest absolute Gasteiger partial charge is 0.233 e. The highest BCUT2D eigenvalue weighted by atomic mass is 35.5. The van der Waals surface area contributed by atoms with E-state index in [1.807, 2.05) is 6.92 Å². The third-order valence-electron chi connectivity index (χ3n) is 2.85. The van der Waals surface area contributed by atoms with Gasteiger partial charge in [-0.3, -0.25) is 0 Å². The van der Waals surface area contributed by atoms with Crippen molar-refractivity contribution < 1.29 is 8.42 Å². The Kier molecular flexibility index (Phi) is 6.72. The van der Waals surface area contributed by atoms with Gasteiger partial charge in [0.25, 0.3) is 0 Å². The van der Waals surface area contributed by atoms with Gasteiger partial charge in [0.15, 0.2) is 0 Å². The Morgan fingerprint density at radius 2 is 1.75 bits per heavy atom. The molecule has 0 aliphatic rings. The Bertz CT molecular complexity index is 535. The summed E-state index contributed by atoms with van der Waals surface area (Å²) in [6.07, 6.45) is 3.41. The maximum Gasteiger partial charge on any atom is 0.233 e. The van der Waals surface area contributed by atoms with Crippen molar-refractivity contribution in [2.75, 3.05) is 0 Å².